The average Bonchev–Trinajstić information content (AvgIpc) is 2.14. The minimum Gasteiger partial charge on any atom is -0.460 e. The maximum atomic E-state index is 11.4. The van der Waals surface area contributed by atoms with Gasteiger partial charge in [-0.2, -0.15) is 0 Å². The molecule has 0 rings (SSSR count). The van der Waals surface area contributed by atoms with E-state index >= 15 is 0 Å². The monoisotopic (exact) mass is 243 g/mol. The predicted octanol–water partition coefficient (Wildman–Crippen LogP) is 2.02. The lowest BCUT2D eigenvalue weighted by molar-refractivity contribution is -0.144. The Bertz CT molecular complexity index is 291. The smallest absolute Gasteiger partial charge is 0.408 e. The van der Waals surface area contributed by atoms with Gasteiger partial charge >= 0.3 is 12.1 Å². The van der Waals surface area contributed by atoms with Crippen molar-refractivity contribution in [1.29, 1.82) is 0 Å². The highest BCUT2D eigenvalue weighted by Gasteiger charge is 2.21. The summed E-state index contributed by atoms with van der Waals surface area (Å²) < 4.78 is 9.89. The number of hydrogen-bond acceptors (Lipinski definition) is 4. The van der Waals surface area contributed by atoms with Crippen molar-refractivity contribution >= 4 is 12.1 Å². The molecule has 0 aliphatic rings. The van der Waals surface area contributed by atoms with Gasteiger partial charge in [-0.05, 0) is 34.6 Å². The Labute approximate surface area is 102 Å². The summed E-state index contributed by atoms with van der Waals surface area (Å²) in [5, 5.41) is 2.40. The summed E-state index contributed by atoms with van der Waals surface area (Å²) in [5.74, 6) is -0.492. The summed E-state index contributed by atoms with van der Waals surface area (Å²) in [5.41, 5.74) is -0.585. The zero-order valence-corrected chi connectivity index (χ0v) is 11.1. The molecule has 0 saturated heterocycles. The van der Waals surface area contributed by atoms with Crippen LogP contribution in [0.25, 0.3) is 0 Å². The van der Waals surface area contributed by atoms with Crippen LogP contribution in [-0.4, -0.2) is 30.3 Å². The van der Waals surface area contributed by atoms with Crippen LogP contribution >= 0.6 is 0 Å². The number of allylic oxidation sites excluding steroid dienone is 1. The Morgan fingerprint density at radius 2 is 1.94 bits per heavy atom. The molecule has 0 aromatic carbocycles. The van der Waals surface area contributed by atoms with Crippen molar-refractivity contribution in [2.75, 3.05) is 6.61 Å². The van der Waals surface area contributed by atoms with Crippen LogP contribution in [0.5, 0.6) is 0 Å². The molecule has 0 aromatic rings. The number of nitrogens with one attached hydrogen (secondary N) is 1. The van der Waals surface area contributed by atoms with Gasteiger partial charge in [0.15, 0.2) is 0 Å². The summed E-state index contributed by atoms with van der Waals surface area (Å²) in [6.45, 7) is 8.83. The van der Waals surface area contributed by atoms with Crippen LogP contribution in [0.1, 0.15) is 34.6 Å². The number of alkyl carbamates (subject to hydrolysis) is 1. The third kappa shape index (κ3) is 8.30. The van der Waals surface area contributed by atoms with Gasteiger partial charge in [-0.15, -0.1) is 0 Å². The van der Waals surface area contributed by atoms with Crippen molar-refractivity contribution in [1.82, 2.24) is 5.32 Å². The second-order valence-corrected chi connectivity index (χ2v) is 4.57. The zero-order chi connectivity index (χ0) is 13.5. The first kappa shape index (κ1) is 15.5. The van der Waals surface area contributed by atoms with E-state index in [4.69, 9.17) is 9.47 Å². The van der Waals surface area contributed by atoms with Crippen molar-refractivity contribution in [3.05, 3.63) is 12.2 Å². The minimum absolute atomic E-state index is 0.204. The van der Waals surface area contributed by atoms with Crippen molar-refractivity contribution in [2.45, 2.75) is 46.3 Å². The highest BCUT2D eigenvalue weighted by Crippen LogP contribution is 2.06. The molecule has 17 heavy (non-hydrogen) atoms. The molecule has 0 aromatic heterocycles. The molecule has 0 radical (unpaired) electrons. The molecule has 0 fully saturated rings. The fraction of sp³-hybridized carbons (Fsp3) is 0.667. The molecule has 98 valence electrons. The highest BCUT2D eigenvalue weighted by molar-refractivity contribution is 5.81. The van der Waals surface area contributed by atoms with E-state index in [1.165, 1.54) is 0 Å². The standard InChI is InChI=1S/C12H21NO4/c1-6-7-8-16-10(14)9(2)13-11(15)17-12(3,4)5/h6-7,9H,8H2,1-5H3,(H,13,15). The van der Waals surface area contributed by atoms with E-state index in [9.17, 15) is 9.59 Å². The molecule has 0 aliphatic carbocycles. The van der Waals surface area contributed by atoms with Crippen LogP contribution in [0.2, 0.25) is 0 Å². The number of carbonyl (C=O) groups is 2. The van der Waals surface area contributed by atoms with Crippen molar-refractivity contribution in [3.63, 3.8) is 0 Å². The minimum atomic E-state index is -0.727. The molecular formula is C12H21NO4. The third-order valence-corrected chi connectivity index (χ3v) is 1.64. The van der Waals surface area contributed by atoms with Gasteiger partial charge in [0.05, 0.1) is 0 Å². The second kappa shape index (κ2) is 6.93. The number of hydrogen-bond donors (Lipinski definition) is 1. The lowest BCUT2D eigenvalue weighted by atomic mass is 10.2. The summed E-state index contributed by atoms with van der Waals surface area (Å²) in [6.07, 6.45) is 2.85. The quantitative estimate of drug-likeness (QED) is 0.606. The molecule has 1 amide bonds. The van der Waals surface area contributed by atoms with Crippen LogP contribution in [0.15, 0.2) is 12.2 Å². The van der Waals surface area contributed by atoms with Crippen LogP contribution in [0.4, 0.5) is 4.79 Å². The summed E-state index contributed by atoms with van der Waals surface area (Å²) in [4.78, 5) is 22.7. The SMILES string of the molecule is CC=CCOC(=O)C(C)NC(=O)OC(C)(C)C. The van der Waals surface area contributed by atoms with Gasteiger partial charge in [-0.1, -0.05) is 12.2 Å². The Morgan fingerprint density at radius 1 is 1.35 bits per heavy atom. The van der Waals surface area contributed by atoms with Gasteiger partial charge in [0.2, 0.25) is 0 Å². The molecule has 0 spiro atoms. The van der Waals surface area contributed by atoms with Gasteiger partial charge in [0, 0.05) is 0 Å². The lowest BCUT2D eigenvalue weighted by Crippen LogP contribution is -2.42. The summed E-state index contributed by atoms with van der Waals surface area (Å²) >= 11 is 0. The molecule has 5 heteroatoms. The van der Waals surface area contributed by atoms with Crippen LogP contribution in [0, 0.1) is 0 Å². The molecule has 0 aliphatic heterocycles. The largest absolute Gasteiger partial charge is 0.460 e. The topological polar surface area (TPSA) is 64.6 Å². The van der Waals surface area contributed by atoms with Gasteiger partial charge in [-0.25, -0.2) is 9.59 Å². The van der Waals surface area contributed by atoms with Crippen molar-refractivity contribution < 1.29 is 19.1 Å². The Hall–Kier alpha value is -1.52. The summed E-state index contributed by atoms with van der Waals surface area (Å²) in [7, 11) is 0. The fourth-order valence-electron chi connectivity index (χ4n) is 0.895. The first-order chi connectivity index (χ1) is 7.76. The molecule has 0 bridgehead atoms. The van der Waals surface area contributed by atoms with Crippen LogP contribution in [-0.2, 0) is 14.3 Å². The number of ether oxygens (including phenoxy) is 2. The Morgan fingerprint density at radius 3 is 2.41 bits per heavy atom. The molecule has 5 nitrogen and oxygen atoms in total. The van der Waals surface area contributed by atoms with E-state index in [1.807, 2.05) is 6.92 Å². The van der Waals surface area contributed by atoms with E-state index in [-0.39, 0.29) is 6.61 Å². The third-order valence-electron chi connectivity index (χ3n) is 1.64. The molecule has 1 atom stereocenters. The molecule has 1 N–H and O–H groups in total. The Balaban J connectivity index is 4.03. The van der Waals surface area contributed by atoms with E-state index in [0.29, 0.717) is 0 Å². The van der Waals surface area contributed by atoms with E-state index < -0.39 is 23.7 Å². The van der Waals surface area contributed by atoms with Gasteiger partial charge in [-0.3, -0.25) is 0 Å². The van der Waals surface area contributed by atoms with E-state index in [0.717, 1.165) is 0 Å². The Kier molecular flexibility index (Phi) is 6.31. The first-order valence-electron chi connectivity index (χ1n) is 5.53. The maximum Gasteiger partial charge on any atom is 0.408 e. The number of carbonyl (C=O) groups excluding carboxylic acids is 2. The van der Waals surface area contributed by atoms with Crippen LogP contribution < -0.4 is 5.32 Å². The van der Waals surface area contributed by atoms with Gasteiger partial charge < -0.3 is 14.8 Å². The maximum absolute atomic E-state index is 11.4. The molecule has 0 heterocycles. The molecule has 0 saturated carbocycles. The van der Waals surface area contributed by atoms with Crippen molar-refractivity contribution in [2.24, 2.45) is 0 Å². The highest BCUT2D eigenvalue weighted by atomic mass is 16.6. The number of amides is 1. The molecule has 1 unspecified atom stereocenters. The van der Waals surface area contributed by atoms with E-state index in [1.54, 1.807) is 39.8 Å². The number of esters is 1. The average molecular weight is 243 g/mol. The zero-order valence-electron chi connectivity index (χ0n) is 11.1. The predicted molar refractivity (Wildman–Crippen MR) is 64.6 cm³/mol. The van der Waals surface area contributed by atoms with Gasteiger partial charge in [0.1, 0.15) is 18.2 Å². The first-order valence-corrected chi connectivity index (χ1v) is 5.53. The van der Waals surface area contributed by atoms with Crippen LogP contribution in [0.3, 0.4) is 0 Å². The second-order valence-electron chi connectivity index (χ2n) is 4.57. The fourth-order valence-corrected chi connectivity index (χ4v) is 0.895. The van der Waals surface area contributed by atoms with Gasteiger partial charge in [0.25, 0.3) is 0 Å². The normalized spacial score (nSPS) is 13.2. The lowest BCUT2D eigenvalue weighted by Gasteiger charge is -2.21. The summed E-state index contributed by atoms with van der Waals surface area (Å²) in [6, 6.07) is -0.727. The van der Waals surface area contributed by atoms with E-state index in [2.05, 4.69) is 5.32 Å². The number of rotatable bonds is 4. The van der Waals surface area contributed by atoms with Crippen molar-refractivity contribution in [3.8, 4) is 0 Å². The molecular weight excluding hydrogens is 222 g/mol.